The van der Waals surface area contributed by atoms with Crippen LogP contribution in [0.2, 0.25) is 0 Å². The number of nitrogens with one attached hydrogen (secondary N) is 1. The molecule has 1 saturated carbocycles. The van der Waals surface area contributed by atoms with E-state index in [1.807, 2.05) is 27.7 Å². The van der Waals surface area contributed by atoms with Crippen LogP contribution < -0.4 is 5.32 Å². The van der Waals surface area contributed by atoms with Gasteiger partial charge in [0.25, 0.3) is 0 Å². The molecule has 7 heteroatoms. The third-order valence-electron chi connectivity index (χ3n) is 7.60. The van der Waals surface area contributed by atoms with Crippen molar-refractivity contribution in [1.29, 1.82) is 0 Å². The maximum atomic E-state index is 12.9. The van der Waals surface area contributed by atoms with E-state index in [0.29, 0.717) is 11.6 Å². The van der Waals surface area contributed by atoms with E-state index in [-0.39, 0.29) is 52.9 Å². The molecule has 182 valence electrons. The molecule has 0 aromatic carbocycles. The smallest absolute Gasteiger partial charge is 0.226 e. The summed E-state index contributed by atoms with van der Waals surface area (Å²) in [6.45, 7) is 12.7. The van der Waals surface area contributed by atoms with Gasteiger partial charge in [-0.3, -0.25) is 9.59 Å². The fourth-order valence-electron chi connectivity index (χ4n) is 5.99. The van der Waals surface area contributed by atoms with Crippen LogP contribution in [-0.4, -0.2) is 46.5 Å². The molecule has 1 aromatic heterocycles. The highest BCUT2D eigenvalue weighted by molar-refractivity contribution is 7.15. The van der Waals surface area contributed by atoms with Gasteiger partial charge < -0.3 is 15.3 Å². The molecular formula is C26H39N3O3S. The average Bonchev–Trinajstić information content (AvgIpc) is 3.07. The van der Waals surface area contributed by atoms with Crippen molar-refractivity contribution < 1.29 is 14.7 Å². The number of rotatable bonds is 5. The Hall–Kier alpha value is -1.91. The molecule has 33 heavy (non-hydrogen) atoms. The molecule has 1 fully saturated rings. The van der Waals surface area contributed by atoms with Gasteiger partial charge in [0, 0.05) is 30.2 Å². The van der Waals surface area contributed by atoms with Gasteiger partial charge in [0.1, 0.15) is 0 Å². The first-order chi connectivity index (χ1) is 15.3. The van der Waals surface area contributed by atoms with Crippen LogP contribution in [0.15, 0.2) is 0 Å². The summed E-state index contributed by atoms with van der Waals surface area (Å²) in [6, 6.07) is 0. The van der Waals surface area contributed by atoms with Crippen LogP contribution in [0.5, 0.6) is 0 Å². The van der Waals surface area contributed by atoms with Gasteiger partial charge in [-0.25, -0.2) is 4.98 Å². The number of aliphatic hydroxyl groups is 1. The van der Waals surface area contributed by atoms with E-state index in [1.165, 1.54) is 4.88 Å². The predicted octanol–water partition coefficient (Wildman–Crippen LogP) is 4.30. The SMILES string of the molecule is C#CCN(C)C(=O)C(C)C1CCC2(C)Cc3sc(NC(=O)CC(C)(C)C)nc3C(C)C2C1O. The summed E-state index contributed by atoms with van der Waals surface area (Å²) in [4.78, 5) is 32.9. The maximum absolute atomic E-state index is 12.9. The van der Waals surface area contributed by atoms with Gasteiger partial charge >= 0.3 is 0 Å². The summed E-state index contributed by atoms with van der Waals surface area (Å²) < 4.78 is 0. The van der Waals surface area contributed by atoms with Crippen LogP contribution >= 0.6 is 11.3 Å². The minimum Gasteiger partial charge on any atom is -0.392 e. The Labute approximate surface area is 202 Å². The molecule has 0 radical (unpaired) electrons. The quantitative estimate of drug-likeness (QED) is 0.625. The Balaban J connectivity index is 1.81. The van der Waals surface area contributed by atoms with Crippen molar-refractivity contribution in [3.8, 4) is 12.3 Å². The molecule has 1 heterocycles. The van der Waals surface area contributed by atoms with Crippen LogP contribution in [0.3, 0.4) is 0 Å². The number of carbonyl (C=O) groups is 2. The standard InChI is InChI=1S/C26H39N3O3S/c1-9-12-29(8)23(32)15(2)17-10-11-26(7)13-18-21(16(3)20(26)22(17)31)28-24(33-18)27-19(30)14-25(4,5)6/h1,15-17,20,22,31H,10-14H2,2-8H3,(H,27,28,30). The highest BCUT2D eigenvalue weighted by Gasteiger charge is 2.54. The van der Waals surface area contributed by atoms with Crippen LogP contribution in [0, 0.1) is 40.9 Å². The van der Waals surface area contributed by atoms with Gasteiger partial charge in [0.05, 0.1) is 18.3 Å². The number of terminal acetylenes is 1. The lowest BCUT2D eigenvalue weighted by Gasteiger charge is -2.53. The van der Waals surface area contributed by atoms with Crippen LogP contribution in [-0.2, 0) is 16.0 Å². The number of aromatic nitrogens is 1. The lowest BCUT2D eigenvalue weighted by atomic mass is 9.53. The fraction of sp³-hybridized carbons (Fsp3) is 0.731. The van der Waals surface area contributed by atoms with E-state index in [4.69, 9.17) is 11.4 Å². The summed E-state index contributed by atoms with van der Waals surface area (Å²) in [7, 11) is 1.72. The number of anilines is 1. The molecule has 6 atom stereocenters. The van der Waals surface area contributed by atoms with E-state index < -0.39 is 6.10 Å². The maximum Gasteiger partial charge on any atom is 0.226 e. The molecule has 2 amide bonds. The number of carbonyl (C=O) groups excluding carboxylic acids is 2. The zero-order valence-electron chi connectivity index (χ0n) is 21.1. The minimum absolute atomic E-state index is 0.0113. The van der Waals surface area contributed by atoms with Gasteiger partial charge in [-0.15, -0.1) is 17.8 Å². The van der Waals surface area contributed by atoms with Crippen molar-refractivity contribution in [3.63, 3.8) is 0 Å². The van der Waals surface area contributed by atoms with Crippen molar-refractivity contribution in [2.45, 2.75) is 79.2 Å². The van der Waals surface area contributed by atoms with Gasteiger partial charge in [-0.05, 0) is 41.9 Å². The summed E-state index contributed by atoms with van der Waals surface area (Å²) in [5, 5.41) is 15.2. The largest absolute Gasteiger partial charge is 0.392 e. The number of hydrogen-bond acceptors (Lipinski definition) is 5. The summed E-state index contributed by atoms with van der Waals surface area (Å²) in [5.74, 6) is 2.15. The second kappa shape index (κ2) is 9.38. The third-order valence-corrected chi connectivity index (χ3v) is 8.58. The first kappa shape index (κ1) is 25.7. The molecular weight excluding hydrogens is 434 g/mol. The van der Waals surface area contributed by atoms with Crippen molar-refractivity contribution in [3.05, 3.63) is 10.6 Å². The number of amides is 2. The van der Waals surface area contributed by atoms with Crippen LogP contribution in [0.25, 0.3) is 0 Å². The Morgan fingerprint density at radius 3 is 2.70 bits per heavy atom. The molecule has 2 aliphatic carbocycles. The number of thiazole rings is 1. The van der Waals surface area contributed by atoms with E-state index in [9.17, 15) is 14.7 Å². The zero-order valence-corrected chi connectivity index (χ0v) is 21.9. The number of hydrogen-bond donors (Lipinski definition) is 2. The van der Waals surface area contributed by atoms with Gasteiger partial charge in [0.15, 0.2) is 5.13 Å². The second-order valence-corrected chi connectivity index (χ2v) is 12.7. The van der Waals surface area contributed by atoms with Crippen LogP contribution in [0.1, 0.15) is 77.3 Å². The third kappa shape index (κ3) is 5.27. The number of fused-ring (bicyclic) bond motifs is 2. The van der Waals surface area contributed by atoms with Crippen LogP contribution in [0.4, 0.5) is 5.13 Å². The Bertz CT molecular complexity index is 944. The first-order valence-electron chi connectivity index (χ1n) is 11.9. The molecule has 0 bridgehead atoms. The molecule has 0 spiro atoms. The summed E-state index contributed by atoms with van der Waals surface area (Å²) >= 11 is 1.57. The van der Waals surface area contributed by atoms with Crippen molar-refractivity contribution >= 4 is 28.3 Å². The summed E-state index contributed by atoms with van der Waals surface area (Å²) in [5.41, 5.74) is 0.837. The Morgan fingerprint density at radius 1 is 1.42 bits per heavy atom. The minimum atomic E-state index is -0.592. The zero-order chi connectivity index (χ0) is 24.7. The van der Waals surface area contributed by atoms with E-state index in [0.717, 1.165) is 25.0 Å². The van der Waals surface area contributed by atoms with Crippen molar-refractivity contribution in [2.24, 2.45) is 28.6 Å². The van der Waals surface area contributed by atoms with E-state index in [1.54, 1.807) is 23.3 Å². The normalized spacial score (nSPS) is 29.9. The van der Waals surface area contributed by atoms with Gasteiger partial charge in [-0.1, -0.05) is 47.5 Å². The lowest BCUT2D eigenvalue weighted by Crippen LogP contribution is -2.53. The fourth-order valence-corrected chi connectivity index (χ4v) is 7.27. The van der Waals surface area contributed by atoms with Gasteiger partial charge in [0.2, 0.25) is 11.8 Å². The molecule has 6 nitrogen and oxygen atoms in total. The number of aliphatic hydroxyl groups excluding tert-OH is 1. The second-order valence-electron chi connectivity index (χ2n) is 11.6. The average molecular weight is 474 g/mol. The molecule has 0 aliphatic heterocycles. The molecule has 1 aromatic rings. The van der Waals surface area contributed by atoms with E-state index >= 15 is 0 Å². The number of nitrogens with zero attached hydrogens (tertiary/aromatic N) is 2. The Morgan fingerprint density at radius 2 is 2.09 bits per heavy atom. The predicted molar refractivity (Wildman–Crippen MR) is 133 cm³/mol. The van der Waals surface area contributed by atoms with Crippen molar-refractivity contribution in [2.75, 3.05) is 18.9 Å². The molecule has 3 rings (SSSR count). The van der Waals surface area contributed by atoms with E-state index in [2.05, 4.69) is 25.1 Å². The highest BCUT2D eigenvalue weighted by Crippen LogP contribution is 2.57. The van der Waals surface area contributed by atoms with Gasteiger partial charge in [-0.2, -0.15) is 0 Å². The Kier molecular flexibility index (Phi) is 7.31. The molecule has 6 unspecified atom stereocenters. The lowest BCUT2D eigenvalue weighted by molar-refractivity contribution is -0.142. The molecule has 0 saturated heterocycles. The first-order valence-corrected chi connectivity index (χ1v) is 12.7. The molecule has 2 aliphatic rings. The summed E-state index contributed by atoms with van der Waals surface area (Å²) in [6.07, 6.45) is 7.82. The van der Waals surface area contributed by atoms with Crippen molar-refractivity contribution in [1.82, 2.24) is 9.88 Å². The topological polar surface area (TPSA) is 82.5 Å². The molecule has 2 N–H and O–H groups in total. The highest BCUT2D eigenvalue weighted by atomic mass is 32.1. The monoisotopic (exact) mass is 473 g/mol.